The highest BCUT2D eigenvalue weighted by molar-refractivity contribution is 7.16. The molecule has 5 heteroatoms. The maximum atomic E-state index is 10.7. The molecule has 2 rings (SSSR count). The number of nitrogens with zero attached hydrogens (tertiary/aromatic N) is 1. The number of fused-ring (bicyclic) bond motifs is 1. The van der Waals surface area contributed by atoms with E-state index in [1.54, 1.807) is 0 Å². The fraction of sp³-hybridized carbons (Fsp3) is 0.200. The summed E-state index contributed by atoms with van der Waals surface area (Å²) in [7, 11) is 0. The molecule has 0 unspecified atom stereocenters. The summed E-state index contributed by atoms with van der Waals surface area (Å²) in [5.74, 6) is 0.654. The number of hydrogen-bond donors (Lipinski definition) is 2. The van der Waals surface area contributed by atoms with Crippen molar-refractivity contribution in [3.05, 3.63) is 4.88 Å². The molecule has 1 aliphatic heterocycles. The number of nitrogen functional groups attached to an aromatic ring is 1. The Kier molecular flexibility index (Phi) is 0.960. The van der Waals surface area contributed by atoms with Crippen molar-refractivity contribution >= 4 is 28.2 Å². The van der Waals surface area contributed by atoms with Gasteiger partial charge >= 0.3 is 0 Å². The Balaban J connectivity index is 2.47. The zero-order valence-corrected chi connectivity index (χ0v) is 5.86. The predicted molar refractivity (Wildman–Crippen MR) is 38.9 cm³/mol. The molecule has 52 valence electrons. The Morgan fingerprint density at radius 2 is 2.50 bits per heavy atom. The summed E-state index contributed by atoms with van der Waals surface area (Å²) in [4.78, 5) is 15.5. The van der Waals surface area contributed by atoms with Crippen molar-refractivity contribution in [3.8, 4) is 0 Å². The monoisotopic (exact) mass is 155 g/mol. The molecule has 4 nitrogen and oxygen atoms in total. The molecule has 0 fully saturated rings. The van der Waals surface area contributed by atoms with Crippen molar-refractivity contribution in [2.45, 2.75) is 6.42 Å². The molecule has 0 saturated carbocycles. The van der Waals surface area contributed by atoms with E-state index in [9.17, 15) is 4.79 Å². The Morgan fingerprint density at radius 3 is 3.20 bits per heavy atom. The van der Waals surface area contributed by atoms with E-state index in [2.05, 4.69) is 10.3 Å². The van der Waals surface area contributed by atoms with E-state index in [1.807, 2.05) is 0 Å². The van der Waals surface area contributed by atoms with Gasteiger partial charge in [0.2, 0.25) is 5.91 Å². The zero-order chi connectivity index (χ0) is 7.14. The van der Waals surface area contributed by atoms with E-state index in [0.29, 0.717) is 17.4 Å². The van der Waals surface area contributed by atoms with Gasteiger partial charge in [-0.3, -0.25) is 4.79 Å². The van der Waals surface area contributed by atoms with Gasteiger partial charge in [0.15, 0.2) is 5.13 Å². The fourth-order valence-electron chi connectivity index (χ4n) is 0.909. The standard InChI is InChI=1S/C5H5N3OS/c6-5-8-4-2(10-5)1-3(9)7-4/h1H2,(H2,6,8)(H,7,9). The minimum atomic E-state index is 0.00810. The third-order valence-corrected chi connectivity index (χ3v) is 2.18. The smallest absolute Gasteiger partial charge is 0.230 e. The van der Waals surface area contributed by atoms with Gasteiger partial charge < -0.3 is 11.1 Å². The quantitative estimate of drug-likeness (QED) is 0.563. The Hall–Kier alpha value is -1.10. The lowest BCUT2D eigenvalue weighted by molar-refractivity contribution is -0.115. The molecule has 0 radical (unpaired) electrons. The second-order valence-corrected chi connectivity index (χ2v) is 3.16. The van der Waals surface area contributed by atoms with E-state index in [-0.39, 0.29) is 5.91 Å². The molecular formula is C5H5N3OS. The van der Waals surface area contributed by atoms with Crippen LogP contribution in [0, 0.1) is 0 Å². The van der Waals surface area contributed by atoms with Gasteiger partial charge in [0, 0.05) is 0 Å². The van der Waals surface area contributed by atoms with Gasteiger partial charge in [-0.2, -0.15) is 0 Å². The first kappa shape index (κ1) is 5.67. The molecule has 1 amide bonds. The van der Waals surface area contributed by atoms with Gasteiger partial charge in [0.1, 0.15) is 5.82 Å². The van der Waals surface area contributed by atoms with E-state index >= 15 is 0 Å². The average Bonchev–Trinajstić information content (AvgIpc) is 2.21. The molecule has 0 atom stereocenters. The topological polar surface area (TPSA) is 68.0 Å². The van der Waals surface area contributed by atoms with Crippen LogP contribution in [0.3, 0.4) is 0 Å². The summed E-state index contributed by atoms with van der Waals surface area (Å²) >= 11 is 1.36. The minimum Gasteiger partial charge on any atom is -0.375 e. The van der Waals surface area contributed by atoms with Crippen LogP contribution in [0.15, 0.2) is 0 Å². The fourth-order valence-corrected chi connectivity index (χ4v) is 1.70. The molecule has 0 spiro atoms. The second kappa shape index (κ2) is 1.69. The van der Waals surface area contributed by atoms with Crippen molar-refractivity contribution < 1.29 is 4.79 Å². The van der Waals surface area contributed by atoms with Crippen molar-refractivity contribution in [2.75, 3.05) is 11.1 Å². The Bertz CT molecular complexity index is 268. The lowest BCUT2D eigenvalue weighted by Crippen LogP contribution is -2.05. The SMILES string of the molecule is Nc1nc2c(s1)CC(=O)N2. The minimum absolute atomic E-state index is 0.00810. The van der Waals surface area contributed by atoms with Crippen LogP contribution in [-0.4, -0.2) is 10.9 Å². The lowest BCUT2D eigenvalue weighted by Gasteiger charge is -1.86. The predicted octanol–water partition coefficient (Wildman–Crippen LogP) is 0.220. The van der Waals surface area contributed by atoms with Crippen LogP contribution < -0.4 is 11.1 Å². The number of rotatable bonds is 0. The van der Waals surface area contributed by atoms with Gasteiger partial charge in [-0.1, -0.05) is 11.3 Å². The highest BCUT2D eigenvalue weighted by Crippen LogP contribution is 2.29. The van der Waals surface area contributed by atoms with Gasteiger partial charge in [-0.05, 0) is 0 Å². The summed E-state index contributed by atoms with van der Waals surface area (Å²) in [6.07, 6.45) is 0.435. The van der Waals surface area contributed by atoms with Crippen molar-refractivity contribution in [1.82, 2.24) is 4.98 Å². The van der Waals surface area contributed by atoms with E-state index in [4.69, 9.17) is 5.73 Å². The number of anilines is 2. The number of nitrogens with one attached hydrogen (secondary N) is 1. The average molecular weight is 155 g/mol. The molecular weight excluding hydrogens is 150 g/mol. The van der Waals surface area contributed by atoms with Gasteiger partial charge in [-0.15, -0.1) is 0 Å². The molecule has 10 heavy (non-hydrogen) atoms. The zero-order valence-electron chi connectivity index (χ0n) is 5.05. The van der Waals surface area contributed by atoms with Crippen LogP contribution in [0.1, 0.15) is 4.88 Å². The van der Waals surface area contributed by atoms with Crippen LogP contribution in [0.2, 0.25) is 0 Å². The molecule has 2 heterocycles. The van der Waals surface area contributed by atoms with Crippen molar-refractivity contribution in [2.24, 2.45) is 0 Å². The van der Waals surface area contributed by atoms with Gasteiger partial charge in [0.25, 0.3) is 0 Å². The van der Waals surface area contributed by atoms with Crippen molar-refractivity contribution in [1.29, 1.82) is 0 Å². The first-order chi connectivity index (χ1) is 4.75. The third-order valence-electron chi connectivity index (χ3n) is 1.29. The number of thiazole rings is 1. The lowest BCUT2D eigenvalue weighted by atomic mass is 10.4. The summed E-state index contributed by atoms with van der Waals surface area (Å²) < 4.78 is 0. The maximum absolute atomic E-state index is 10.7. The first-order valence-corrected chi connectivity index (χ1v) is 3.62. The highest BCUT2D eigenvalue weighted by Gasteiger charge is 2.21. The first-order valence-electron chi connectivity index (χ1n) is 2.81. The van der Waals surface area contributed by atoms with Crippen LogP contribution in [-0.2, 0) is 11.2 Å². The molecule has 1 aromatic heterocycles. The molecule has 0 aliphatic carbocycles. The van der Waals surface area contributed by atoms with Crippen LogP contribution in [0.4, 0.5) is 10.9 Å². The van der Waals surface area contributed by atoms with Gasteiger partial charge in [0.05, 0.1) is 11.3 Å². The van der Waals surface area contributed by atoms with Crippen LogP contribution in [0.25, 0.3) is 0 Å². The Morgan fingerprint density at radius 1 is 1.70 bits per heavy atom. The summed E-state index contributed by atoms with van der Waals surface area (Å²) in [5, 5.41) is 3.12. The van der Waals surface area contributed by atoms with Crippen molar-refractivity contribution in [3.63, 3.8) is 0 Å². The number of nitrogens with two attached hydrogens (primary N) is 1. The summed E-state index contributed by atoms with van der Waals surface area (Å²) in [6.45, 7) is 0. The number of amides is 1. The van der Waals surface area contributed by atoms with E-state index < -0.39 is 0 Å². The summed E-state index contributed by atoms with van der Waals surface area (Å²) in [5.41, 5.74) is 5.39. The molecule has 1 aliphatic rings. The number of hydrogen-bond acceptors (Lipinski definition) is 4. The van der Waals surface area contributed by atoms with Gasteiger partial charge in [-0.25, -0.2) is 4.98 Å². The third kappa shape index (κ3) is 0.672. The molecule has 0 aromatic carbocycles. The van der Waals surface area contributed by atoms with Crippen LogP contribution >= 0.6 is 11.3 Å². The number of carbonyl (C=O) groups excluding carboxylic acids is 1. The maximum Gasteiger partial charge on any atom is 0.230 e. The van der Waals surface area contributed by atoms with E-state index in [0.717, 1.165) is 4.88 Å². The van der Waals surface area contributed by atoms with E-state index in [1.165, 1.54) is 11.3 Å². The normalized spacial score (nSPS) is 15.0. The van der Waals surface area contributed by atoms with Crippen LogP contribution in [0.5, 0.6) is 0 Å². The largest absolute Gasteiger partial charge is 0.375 e. The Labute approximate surface area is 61.1 Å². The second-order valence-electron chi connectivity index (χ2n) is 2.05. The molecule has 0 bridgehead atoms. The highest BCUT2D eigenvalue weighted by atomic mass is 32.1. The summed E-state index contributed by atoms with van der Waals surface area (Å²) in [6, 6.07) is 0. The molecule has 1 aromatic rings. The molecule has 3 N–H and O–H groups in total. The number of aromatic nitrogens is 1. The molecule has 0 saturated heterocycles. The number of carbonyl (C=O) groups is 1.